The molecule has 0 bridgehead atoms. The van der Waals surface area contributed by atoms with Crippen molar-refractivity contribution in [2.75, 3.05) is 0 Å². The summed E-state index contributed by atoms with van der Waals surface area (Å²) in [5.41, 5.74) is 4.15. The number of thioether (sulfide) groups is 1. The fourth-order valence-electron chi connectivity index (χ4n) is 2.32. The fourth-order valence-corrected chi connectivity index (χ4v) is 3.43. The van der Waals surface area contributed by atoms with Crippen LogP contribution >= 0.6 is 27.7 Å². The number of aliphatic imine (C=N–C) groups is 1. The van der Waals surface area contributed by atoms with E-state index >= 15 is 0 Å². The number of nitrogens with zero attached hydrogens (tertiary/aromatic N) is 1. The Morgan fingerprint density at radius 2 is 1.74 bits per heavy atom. The Kier molecular flexibility index (Phi) is 4.68. The van der Waals surface area contributed by atoms with E-state index in [9.17, 15) is 4.79 Å². The van der Waals surface area contributed by atoms with Crippen molar-refractivity contribution in [3.05, 3.63) is 68.5 Å². The van der Waals surface area contributed by atoms with Gasteiger partial charge in [-0.25, -0.2) is 4.99 Å². The lowest BCUT2D eigenvalue weighted by molar-refractivity contribution is -0.115. The Balaban J connectivity index is 1.84. The molecule has 0 saturated carbocycles. The van der Waals surface area contributed by atoms with Crippen LogP contribution in [-0.4, -0.2) is 11.1 Å². The zero-order valence-electron chi connectivity index (χ0n) is 12.8. The Morgan fingerprint density at radius 3 is 2.39 bits per heavy atom. The number of nitrogens with one attached hydrogen (secondary N) is 1. The molecular weight excluding hydrogens is 372 g/mol. The van der Waals surface area contributed by atoms with Crippen LogP contribution in [0.5, 0.6) is 0 Å². The van der Waals surface area contributed by atoms with Crippen molar-refractivity contribution >= 4 is 50.5 Å². The first kappa shape index (κ1) is 16.0. The van der Waals surface area contributed by atoms with Gasteiger partial charge in [-0.3, -0.25) is 4.79 Å². The average Bonchev–Trinajstić information content (AvgIpc) is 2.80. The Bertz CT molecular complexity index is 805. The quantitative estimate of drug-likeness (QED) is 0.741. The van der Waals surface area contributed by atoms with Crippen LogP contribution in [0, 0.1) is 13.8 Å². The van der Waals surface area contributed by atoms with Crippen LogP contribution in [0.2, 0.25) is 0 Å². The molecule has 0 aromatic heterocycles. The number of benzene rings is 2. The van der Waals surface area contributed by atoms with Gasteiger partial charge in [-0.1, -0.05) is 34.1 Å². The molecule has 1 amide bonds. The van der Waals surface area contributed by atoms with Crippen LogP contribution in [0.1, 0.15) is 16.7 Å². The van der Waals surface area contributed by atoms with E-state index in [1.54, 1.807) is 0 Å². The minimum Gasteiger partial charge on any atom is -0.300 e. The van der Waals surface area contributed by atoms with Crippen molar-refractivity contribution in [2.24, 2.45) is 4.99 Å². The van der Waals surface area contributed by atoms with Crippen molar-refractivity contribution in [1.29, 1.82) is 0 Å². The first-order chi connectivity index (χ1) is 11.0. The van der Waals surface area contributed by atoms with E-state index in [0.717, 1.165) is 26.9 Å². The lowest BCUT2D eigenvalue weighted by atomic mass is 10.1. The third-order valence-corrected chi connectivity index (χ3v) is 4.69. The van der Waals surface area contributed by atoms with Gasteiger partial charge in [-0.05, 0) is 72.6 Å². The summed E-state index contributed by atoms with van der Waals surface area (Å²) in [6, 6.07) is 13.9. The van der Waals surface area contributed by atoms with E-state index in [0.29, 0.717) is 10.1 Å². The standard InChI is InChI=1S/C18H15BrN2OS/c1-11-7-12(2)9-15(8-11)20-18-21-17(22)16(23-18)10-13-3-5-14(19)6-4-13/h3-10H,1-2H3,(H,20,21,22). The molecule has 0 atom stereocenters. The Hall–Kier alpha value is -1.85. The number of amides is 1. The highest BCUT2D eigenvalue weighted by Gasteiger charge is 2.23. The number of hydrogen-bond donors (Lipinski definition) is 1. The highest BCUT2D eigenvalue weighted by molar-refractivity contribution is 9.10. The predicted octanol–water partition coefficient (Wildman–Crippen LogP) is 4.96. The predicted molar refractivity (Wildman–Crippen MR) is 101 cm³/mol. The third kappa shape index (κ3) is 4.12. The molecule has 5 heteroatoms. The lowest BCUT2D eigenvalue weighted by Gasteiger charge is -2.00. The number of aryl methyl sites for hydroxylation is 2. The molecule has 2 aromatic rings. The number of halogens is 1. The molecule has 0 unspecified atom stereocenters. The maximum Gasteiger partial charge on any atom is 0.264 e. The summed E-state index contributed by atoms with van der Waals surface area (Å²) in [7, 11) is 0. The van der Waals surface area contributed by atoms with Gasteiger partial charge in [0.1, 0.15) is 0 Å². The molecule has 116 valence electrons. The van der Waals surface area contributed by atoms with Crippen LogP contribution in [-0.2, 0) is 4.79 Å². The molecule has 2 aromatic carbocycles. The topological polar surface area (TPSA) is 41.5 Å². The largest absolute Gasteiger partial charge is 0.300 e. The summed E-state index contributed by atoms with van der Waals surface area (Å²) in [6.07, 6.45) is 1.87. The molecular formula is C18H15BrN2OS. The van der Waals surface area contributed by atoms with Crippen LogP contribution in [0.3, 0.4) is 0 Å². The van der Waals surface area contributed by atoms with Gasteiger partial charge in [0.05, 0.1) is 10.6 Å². The first-order valence-electron chi connectivity index (χ1n) is 7.13. The van der Waals surface area contributed by atoms with Crippen LogP contribution in [0.25, 0.3) is 6.08 Å². The van der Waals surface area contributed by atoms with E-state index in [1.165, 1.54) is 11.8 Å². The molecule has 0 radical (unpaired) electrons. The van der Waals surface area contributed by atoms with Crippen LogP contribution in [0.15, 0.2) is 56.8 Å². The molecule has 3 nitrogen and oxygen atoms in total. The average molecular weight is 387 g/mol. The van der Waals surface area contributed by atoms with Crippen LogP contribution < -0.4 is 5.32 Å². The molecule has 1 heterocycles. The number of rotatable bonds is 2. The van der Waals surface area contributed by atoms with Gasteiger partial charge in [0, 0.05) is 4.47 Å². The van der Waals surface area contributed by atoms with Crippen LogP contribution in [0.4, 0.5) is 5.69 Å². The van der Waals surface area contributed by atoms with E-state index in [-0.39, 0.29) is 5.91 Å². The summed E-state index contributed by atoms with van der Waals surface area (Å²) in [5, 5.41) is 3.43. The summed E-state index contributed by atoms with van der Waals surface area (Å²) < 4.78 is 1.01. The molecule has 23 heavy (non-hydrogen) atoms. The van der Waals surface area contributed by atoms with Crippen molar-refractivity contribution in [3.63, 3.8) is 0 Å². The zero-order chi connectivity index (χ0) is 16.4. The summed E-state index contributed by atoms with van der Waals surface area (Å²) >= 11 is 4.77. The minimum atomic E-state index is -0.110. The molecule has 1 aliphatic heterocycles. The van der Waals surface area contributed by atoms with E-state index < -0.39 is 0 Å². The molecule has 3 rings (SSSR count). The van der Waals surface area contributed by atoms with Gasteiger partial charge in [-0.15, -0.1) is 0 Å². The molecule has 0 spiro atoms. The summed E-state index contributed by atoms with van der Waals surface area (Å²) in [5.74, 6) is -0.110. The maximum atomic E-state index is 12.1. The molecule has 0 aliphatic carbocycles. The van der Waals surface area contributed by atoms with Crippen molar-refractivity contribution in [1.82, 2.24) is 5.32 Å². The normalized spacial score (nSPS) is 17.8. The molecule has 1 fully saturated rings. The molecule has 1 saturated heterocycles. The number of hydrogen-bond acceptors (Lipinski definition) is 3. The SMILES string of the molecule is Cc1cc(C)cc(N=C2NC(=O)C(=Cc3ccc(Br)cc3)S2)c1. The summed E-state index contributed by atoms with van der Waals surface area (Å²) in [4.78, 5) is 17.3. The second-order valence-electron chi connectivity index (χ2n) is 5.38. The van der Waals surface area contributed by atoms with E-state index in [1.807, 2.05) is 56.3 Å². The lowest BCUT2D eigenvalue weighted by Crippen LogP contribution is -2.19. The molecule has 1 N–H and O–H groups in total. The zero-order valence-corrected chi connectivity index (χ0v) is 15.2. The second-order valence-corrected chi connectivity index (χ2v) is 7.33. The third-order valence-electron chi connectivity index (χ3n) is 3.26. The van der Waals surface area contributed by atoms with Gasteiger partial charge < -0.3 is 5.32 Å². The highest BCUT2D eigenvalue weighted by Crippen LogP contribution is 2.28. The number of carbonyl (C=O) groups excluding carboxylic acids is 1. The summed E-state index contributed by atoms with van der Waals surface area (Å²) in [6.45, 7) is 4.08. The number of carbonyl (C=O) groups is 1. The maximum absolute atomic E-state index is 12.1. The highest BCUT2D eigenvalue weighted by atomic mass is 79.9. The molecule has 1 aliphatic rings. The smallest absolute Gasteiger partial charge is 0.264 e. The second kappa shape index (κ2) is 6.72. The van der Waals surface area contributed by atoms with Gasteiger partial charge in [0.25, 0.3) is 5.91 Å². The van der Waals surface area contributed by atoms with Gasteiger partial charge in [0.2, 0.25) is 0 Å². The van der Waals surface area contributed by atoms with Crippen molar-refractivity contribution in [2.45, 2.75) is 13.8 Å². The first-order valence-corrected chi connectivity index (χ1v) is 8.74. The van der Waals surface area contributed by atoms with Gasteiger partial charge in [0.15, 0.2) is 5.17 Å². The van der Waals surface area contributed by atoms with E-state index in [2.05, 4.69) is 32.3 Å². The Labute approximate surface area is 148 Å². The fraction of sp³-hybridized carbons (Fsp3) is 0.111. The van der Waals surface area contributed by atoms with Crippen molar-refractivity contribution in [3.8, 4) is 0 Å². The van der Waals surface area contributed by atoms with Gasteiger partial charge in [-0.2, -0.15) is 0 Å². The Morgan fingerprint density at radius 1 is 1.09 bits per heavy atom. The van der Waals surface area contributed by atoms with E-state index in [4.69, 9.17) is 0 Å². The minimum absolute atomic E-state index is 0.110. The number of amidine groups is 1. The van der Waals surface area contributed by atoms with Crippen molar-refractivity contribution < 1.29 is 4.79 Å². The monoisotopic (exact) mass is 386 g/mol. The van der Waals surface area contributed by atoms with Gasteiger partial charge >= 0.3 is 0 Å².